The minimum absolute atomic E-state index is 0. The van der Waals surface area contributed by atoms with Gasteiger partial charge in [-0.25, -0.2) is 0 Å². The summed E-state index contributed by atoms with van der Waals surface area (Å²) in [5, 5.41) is 3.46. The van der Waals surface area contributed by atoms with Crippen LogP contribution in [0.2, 0.25) is 0 Å². The molecule has 0 atom stereocenters. The molecule has 0 radical (unpaired) electrons. The zero-order valence-electron chi connectivity index (χ0n) is 21.8. The van der Waals surface area contributed by atoms with Crippen molar-refractivity contribution in [2.75, 3.05) is 26.2 Å². The summed E-state index contributed by atoms with van der Waals surface area (Å²) < 4.78 is 9.31. The number of rotatable bonds is 5. The highest BCUT2D eigenvalue weighted by atomic mass is 127. The lowest BCUT2D eigenvalue weighted by Crippen LogP contribution is -3.00. The van der Waals surface area contributed by atoms with Gasteiger partial charge in [-0.3, -0.25) is 4.79 Å². The second-order valence-corrected chi connectivity index (χ2v) is 13.0. The topological polar surface area (TPSA) is 38.3 Å². The Kier molecular flexibility index (Phi) is 10.4. The number of halogens is 3. The average molecular weight is 746 g/mol. The Hall–Kier alpha value is -0.640. The number of fused-ring (bicyclic) bond motifs is 2. The molecule has 37 heavy (non-hydrogen) atoms. The van der Waals surface area contributed by atoms with Crippen LogP contribution in [0.3, 0.4) is 0 Å². The van der Waals surface area contributed by atoms with Crippen LogP contribution in [0.15, 0.2) is 45.3 Å². The molecule has 2 aliphatic heterocycles. The lowest BCUT2D eigenvalue weighted by Gasteiger charge is -2.45. The fourth-order valence-corrected chi connectivity index (χ4v) is 7.45. The zero-order chi connectivity index (χ0) is 25.1. The summed E-state index contributed by atoms with van der Waals surface area (Å²) in [5.74, 6) is 2.11. The molecule has 2 fully saturated rings. The molecule has 2 aromatic carbocycles. The Bertz CT molecular complexity index is 1030. The van der Waals surface area contributed by atoms with Crippen molar-refractivity contribution >= 4 is 37.8 Å². The zero-order valence-corrected chi connectivity index (χ0v) is 27.1. The molecule has 1 saturated heterocycles. The number of carbonyl (C=O) groups is 1. The van der Waals surface area contributed by atoms with Gasteiger partial charge in [-0.1, -0.05) is 64.0 Å². The number of benzene rings is 2. The molecule has 3 aliphatic rings. The number of amides is 1. The van der Waals surface area contributed by atoms with Crippen LogP contribution in [0.1, 0.15) is 81.8 Å². The molecule has 1 aliphatic carbocycles. The average Bonchev–Trinajstić information content (AvgIpc) is 2.85. The first-order valence-corrected chi connectivity index (χ1v) is 15.5. The second-order valence-electron chi connectivity index (χ2n) is 11.2. The van der Waals surface area contributed by atoms with Crippen LogP contribution in [0.5, 0.6) is 11.5 Å². The van der Waals surface area contributed by atoms with E-state index in [-0.39, 0.29) is 41.8 Å². The van der Waals surface area contributed by atoms with Crippen LogP contribution in [0.4, 0.5) is 0 Å². The molecule has 1 saturated carbocycles. The fourth-order valence-electron chi connectivity index (χ4n) is 6.69. The minimum atomic E-state index is -0.374. The molecule has 202 valence electrons. The summed E-state index contributed by atoms with van der Waals surface area (Å²) >= 11 is 7.18. The number of hydrogen-bond acceptors (Lipinski definition) is 2. The summed E-state index contributed by atoms with van der Waals surface area (Å²) in [6.45, 7) is 7.26. The maximum Gasteiger partial charge on any atom is 0.232 e. The number of carbonyl (C=O) groups excluding carboxylic acids is 1. The molecule has 1 amide bonds. The van der Waals surface area contributed by atoms with Gasteiger partial charge in [0.15, 0.2) is 0 Å². The quantitative estimate of drug-likeness (QED) is 0.349. The van der Waals surface area contributed by atoms with Crippen molar-refractivity contribution in [2.24, 2.45) is 5.92 Å². The van der Waals surface area contributed by atoms with E-state index < -0.39 is 0 Å². The van der Waals surface area contributed by atoms with Gasteiger partial charge in [0, 0.05) is 44.9 Å². The third-order valence-corrected chi connectivity index (χ3v) is 9.83. The maximum absolute atomic E-state index is 13.8. The Labute approximate surface area is 256 Å². The number of hydrogen-bond donors (Lipinski definition) is 1. The summed E-state index contributed by atoms with van der Waals surface area (Å²) in [6, 6.07) is 12.1. The molecule has 2 heterocycles. The number of nitrogens with zero attached hydrogens (tertiary/aromatic N) is 1. The first kappa shape index (κ1) is 29.3. The molecule has 0 spiro atoms. The highest BCUT2D eigenvalue weighted by Gasteiger charge is 2.38. The van der Waals surface area contributed by atoms with Gasteiger partial charge >= 0.3 is 0 Å². The molecule has 4 nitrogen and oxygen atoms in total. The van der Waals surface area contributed by atoms with Gasteiger partial charge in [0.2, 0.25) is 5.91 Å². The van der Waals surface area contributed by atoms with Crippen LogP contribution in [-0.4, -0.2) is 42.6 Å². The Balaban J connectivity index is 0.00000320. The molecule has 0 bridgehead atoms. The second kappa shape index (κ2) is 13.1. The standard InChI is InChI=1S/C30H38Br2N2O2.HI/c1-2-34(20-21-8-6-4-3-5-7-9-21)16-14-24(15-17-34)33-30(35)29-25-18-22(31)10-12-27(25)36-28-13-11-23(32)19-26(28)29;/h10-13,18-19,21,24,29H,2-9,14-17,20H2,1H3;1H. The van der Waals surface area contributed by atoms with Crippen LogP contribution in [0.25, 0.3) is 0 Å². The molecule has 5 rings (SSSR count). The smallest absolute Gasteiger partial charge is 0.232 e. The summed E-state index contributed by atoms with van der Waals surface area (Å²) in [6.07, 6.45) is 12.0. The normalized spacial score (nSPS) is 24.5. The predicted molar refractivity (Wildman–Crippen MR) is 153 cm³/mol. The molecule has 2 aromatic rings. The number of likely N-dealkylation sites (tertiary alicyclic amines) is 1. The third-order valence-electron chi connectivity index (χ3n) is 8.84. The van der Waals surface area contributed by atoms with Crippen molar-refractivity contribution < 1.29 is 38.0 Å². The van der Waals surface area contributed by atoms with E-state index in [0.717, 1.165) is 50.3 Å². The van der Waals surface area contributed by atoms with Gasteiger partial charge in [-0.15, -0.1) is 0 Å². The summed E-state index contributed by atoms with van der Waals surface area (Å²) in [4.78, 5) is 13.8. The van der Waals surface area contributed by atoms with E-state index in [4.69, 9.17) is 4.74 Å². The van der Waals surface area contributed by atoms with E-state index in [9.17, 15) is 4.79 Å². The van der Waals surface area contributed by atoms with Crippen molar-refractivity contribution in [1.82, 2.24) is 5.32 Å². The van der Waals surface area contributed by atoms with Crippen molar-refractivity contribution in [3.8, 4) is 11.5 Å². The van der Waals surface area contributed by atoms with Gasteiger partial charge in [0.05, 0.1) is 32.1 Å². The monoisotopic (exact) mass is 744 g/mol. The van der Waals surface area contributed by atoms with Gasteiger partial charge in [0.1, 0.15) is 11.5 Å². The van der Waals surface area contributed by atoms with Crippen LogP contribution in [-0.2, 0) is 4.79 Å². The van der Waals surface area contributed by atoms with Gasteiger partial charge in [-0.05, 0) is 56.2 Å². The lowest BCUT2D eigenvalue weighted by atomic mass is 9.86. The van der Waals surface area contributed by atoms with Crippen LogP contribution < -0.4 is 34.0 Å². The van der Waals surface area contributed by atoms with E-state index in [1.807, 2.05) is 36.4 Å². The maximum atomic E-state index is 13.8. The molecule has 7 heteroatoms. The number of ether oxygens (including phenoxy) is 1. The fraction of sp³-hybridized carbons (Fsp3) is 0.567. The first-order valence-electron chi connectivity index (χ1n) is 13.9. The molecular formula is C30H39Br2IN2O2. The molecule has 1 N–H and O–H groups in total. The third kappa shape index (κ3) is 6.93. The van der Waals surface area contributed by atoms with Crippen molar-refractivity contribution in [2.45, 2.75) is 76.7 Å². The largest absolute Gasteiger partial charge is 1.00 e. The predicted octanol–water partition coefficient (Wildman–Crippen LogP) is 4.93. The summed E-state index contributed by atoms with van der Waals surface area (Å²) in [7, 11) is 0. The van der Waals surface area contributed by atoms with E-state index in [2.05, 4.69) is 44.1 Å². The van der Waals surface area contributed by atoms with E-state index in [1.54, 1.807) is 0 Å². The van der Waals surface area contributed by atoms with Gasteiger partial charge in [0.25, 0.3) is 0 Å². The minimum Gasteiger partial charge on any atom is -1.00 e. The number of nitrogens with one attached hydrogen (secondary N) is 1. The lowest BCUT2D eigenvalue weighted by molar-refractivity contribution is -0.934. The van der Waals surface area contributed by atoms with E-state index in [1.165, 1.54) is 75.6 Å². The van der Waals surface area contributed by atoms with Crippen LogP contribution >= 0.6 is 31.9 Å². The molecule has 0 aromatic heterocycles. The summed E-state index contributed by atoms with van der Waals surface area (Å²) in [5.41, 5.74) is 1.84. The first-order chi connectivity index (χ1) is 17.5. The van der Waals surface area contributed by atoms with Crippen molar-refractivity contribution in [1.29, 1.82) is 0 Å². The van der Waals surface area contributed by atoms with Gasteiger partial charge in [-0.2, -0.15) is 0 Å². The highest BCUT2D eigenvalue weighted by Crippen LogP contribution is 2.46. The Morgan fingerprint density at radius 3 is 1.97 bits per heavy atom. The molecule has 0 unspecified atom stereocenters. The Morgan fingerprint density at radius 1 is 0.892 bits per heavy atom. The number of piperidine rings is 1. The van der Waals surface area contributed by atoms with E-state index >= 15 is 0 Å². The highest BCUT2D eigenvalue weighted by molar-refractivity contribution is 9.10. The van der Waals surface area contributed by atoms with Crippen molar-refractivity contribution in [3.63, 3.8) is 0 Å². The molecular weight excluding hydrogens is 707 g/mol. The Morgan fingerprint density at radius 2 is 1.43 bits per heavy atom. The van der Waals surface area contributed by atoms with Crippen LogP contribution in [0, 0.1) is 5.92 Å². The van der Waals surface area contributed by atoms with Crippen molar-refractivity contribution in [3.05, 3.63) is 56.5 Å². The number of quaternary nitrogens is 1. The SMILES string of the molecule is CC[N+]1(CC2CCCCCCC2)CCC(NC(=O)C2c3cc(Br)ccc3Oc3ccc(Br)cc32)CC1.[I-]. The van der Waals surface area contributed by atoms with Gasteiger partial charge < -0.3 is 38.5 Å². The van der Waals surface area contributed by atoms with E-state index in [0.29, 0.717) is 0 Å².